The predicted octanol–water partition coefficient (Wildman–Crippen LogP) is 4.31. The fourth-order valence-electron chi connectivity index (χ4n) is 3.40. The van der Waals surface area contributed by atoms with E-state index in [9.17, 15) is 14.0 Å². The third-order valence-electron chi connectivity index (χ3n) is 5.45. The molecule has 0 unspecified atom stereocenters. The zero-order valence-electron chi connectivity index (χ0n) is 22.4. The maximum Gasteiger partial charge on any atom is 0.351 e. The summed E-state index contributed by atoms with van der Waals surface area (Å²) in [6, 6.07) is 6.35. The number of benzene rings is 1. The van der Waals surface area contributed by atoms with E-state index in [0.29, 0.717) is 17.9 Å². The Labute approximate surface area is 218 Å². The van der Waals surface area contributed by atoms with Gasteiger partial charge in [-0.25, -0.2) is 18.4 Å². The van der Waals surface area contributed by atoms with Crippen LogP contribution in [0.5, 0.6) is 0 Å². The maximum absolute atomic E-state index is 13.2. The van der Waals surface area contributed by atoms with E-state index in [0.717, 1.165) is 36.5 Å². The Bertz CT molecular complexity index is 1050. The van der Waals surface area contributed by atoms with Gasteiger partial charge in [0.15, 0.2) is 5.82 Å². The number of allylic oxidation sites excluding steroid dienone is 3. The Hall–Kier alpha value is -2.91. The Morgan fingerprint density at radius 1 is 1.19 bits per heavy atom. The quantitative estimate of drug-likeness (QED) is 0.552. The van der Waals surface area contributed by atoms with Gasteiger partial charge in [0.1, 0.15) is 5.82 Å². The molecular formula is C26H40ClFN6O2. The van der Waals surface area contributed by atoms with Gasteiger partial charge in [-0.3, -0.25) is 4.79 Å². The average Bonchev–Trinajstić information content (AvgIpc) is 3.17. The smallest absolute Gasteiger partial charge is 0.351 e. The fraction of sp³-hybridized carbons (Fsp3) is 0.500. The highest BCUT2D eigenvalue weighted by molar-refractivity contribution is 6.29. The van der Waals surface area contributed by atoms with Crippen molar-refractivity contribution in [3.05, 3.63) is 63.7 Å². The van der Waals surface area contributed by atoms with E-state index >= 15 is 0 Å². The molecule has 10 heteroatoms. The van der Waals surface area contributed by atoms with Crippen LogP contribution in [0.1, 0.15) is 59.3 Å². The van der Waals surface area contributed by atoms with E-state index in [1.165, 1.54) is 12.1 Å². The number of carbonyl (C=O) groups is 1. The number of likely N-dealkylation sites (tertiary alicyclic amines) is 1. The molecule has 1 amide bonds. The second-order valence-corrected chi connectivity index (χ2v) is 9.42. The molecular weight excluding hydrogens is 483 g/mol. The predicted molar refractivity (Wildman–Crippen MR) is 146 cm³/mol. The Balaban J connectivity index is 0.000000450. The minimum absolute atomic E-state index is 0.110. The van der Waals surface area contributed by atoms with Crippen molar-refractivity contribution >= 4 is 23.6 Å². The van der Waals surface area contributed by atoms with Gasteiger partial charge in [-0.15, -0.1) is 5.10 Å². The standard InChI is InChI=1S/C18H23FN4O.C4H8ClN.C4H9NO/c1-4-13(2)17-20-23(16-9-11-21(3)12-10-16)18(24)22(17)15-7-5-14(19)6-8-15;1-4(5)3-6-2;1-4(2)5-3-6/h4-8,16H,9-12H2,1-3H3;3,6H,1-2H3;3-4H,1-2H3,(H,5,6)/b13-4+;4-3+;. The highest BCUT2D eigenvalue weighted by Gasteiger charge is 2.24. The van der Waals surface area contributed by atoms with Crippen molar-refractivity contribution in [2.24, 2.45) is 0 Å². The van der Waals surface area contributed by atoms with Gasteiger partial charge in [-0.05, 0) is 97.4 Å². The number of hydrogen-bond donors (Lipinski definition) is 2. The van der Waals surface area contributed by atoms with Gasteiger partial charge in [0, 0.05) is 24.3 Å². The summed E-state index contributed by atoms with van der Waals surface area (Å²) in [6.07, 6.45) is 6.17. The summed E-state index contributed by atoms with van der Waals surface area (Å²) in [4.78, 5) is 24.8. The van der Waals surface area contributed by atoms with Crippen LogP contribution in [0.25, 0.3) is 11.3 Å². The van der Waals surface area contributed by atoms with Crippen LogP contribution >= 0.6 is 11.6 Å². The van der Waals surface area contributed by atoms with Crippen LogP contribution in [0.4, 0.5) is 4.39 Å². The van der Waals surface area contributed by atoms with E-state index in [1.54, 1.807) is 27.6 Å². The average molecular weight is 523 g/mol. The van der Waals surface area contributed by atoms with Crippen LogP contribution in [0, 0.1) is 5.82 Å². The molecule has 2 aromatic rings. The number of piperidine rings is 1. The first-order valence-corrected chi connectivity index (χ1v) is 12.4. The summed E-state index contributed by atoms with van der Waals surface area (Å²) in [6.45, 7) is 11.4. The van der Waals surface area contributed by atoms with E-state index < -0.39 is 0 Å². The lowest BCUT2D eigenvalue weighted by Crippen LogP contribution is -2.36. The van der Waals surface area contributed by atoms with Gasteiger partial charge in [0.25, 0.3) is 0 Å². The second-order valence-electron chi connectivity index (χ2n) is 8.83. The van der Waals surface area contributed by atoms with E-state index in [2.05, 4.69) is 27.7 Å². The number of carbonyl (C=O) groups excluding carboxylic acids is 1. The molecule has 1 aliphatic heterocycles. The molecule has 3 rings (SSSR count). The summed E-state index contributed by atoms with van der Waals surface area (Å²) in [5, 5.41) is 10.7. The van der Waals surface area contributed by atoms with Gasteiger partial charge in [-0.1, -0.05) is 17.7 Å². The summed E-state index contributed by atoms with van der Waals surface area (Å²) >= 11 is 5.38. The molecule has 0 saturated carbocycles. The third kappa shape index (κ3) is 9.99. The number of hydrogen-bond acceptors (Lipinski definition) is 5. The first kappa shape index (κ1) is 31.1. The topological polar surface area (TPSA) is 84.2 Å². The lowest BCUT2D eigenvalue weighted by molar-refractivity contribution is -0.109. The van der Waals surface area contributed by atoms with Gasteiger partial charge >= 0.3 is 5.69 Å². The zero-order valence-corrected chi connectivity index (χ0v) is 23.1. The molecule has 8 nitrogen and oxygen atoms in total. The third-order valence-corrected chi connectivity index (χ3v) is 5.56. The van der Waals surface area contributed by atoms with Crippen molar-refractivity contribution in [2.75, 3.05) is 27.2 Å². The molecule has 0 radical (unpaired) electrons. The fourth-order valence-corrected chi connectivity index (χ4v) is 3.51. The van der Waals surface area contributed by atoms with Crippen LogP contribution < -0.4 is 16.3 Å². The van der Waals surface area contributed by atoms with Crippen molar-refractivity contribution in [2.45, 2.75) is 59.5 Å². The van der Waals surface area contributed by atoms with Crippen LogP contribution in [0.3, 0.4) is 0 Å². The van der Waals surface area contributed by atoms with Crippen molar-refractivity contribution < 1.29 is 9.18 Å². The molecule has 200 valence electrons. The number of rotatable bonds is 6. The molecule has 2 N–H and O–H groups in total. The summed E-state index contributed by atoms with van der Waals surface area (Å²) in [5.41, 5.74) is 1.40. The molecule has 0 aliphatic carbocycles. The first-order chi connectivity index (χ1) is 17.0. The molecule has 0 spiro atoms. The molecule has 2 heterocycles. The summed E-state index contributed by atoms with van der Waals surface area (Å²) < 4.78 is 16.4. The number of amides is 1. The highest BCUT2D eigenvalue weighted by Crippen LogP contribution is 2.22. The zero-order chi connectivity index (χ0) is 27.3. The molecule has 1 aromatic carbocycles. The van der Waals surface area contributed by atoms with Gasteiger partial charge < -0.3 is 15.5 Å². The van der Waals surface area contributed by atoms with Gasteiger partial charge in [-0.2, -0.15) is 0 Å². The van der Waals surface area contributed by atoms with E-state index in [1.807, 2.05) is 47.7 Å². The lowest BCUT2D eigenvalue weighted by Gasteiger charge is -2.28. The molecule has 0 atom stereocenters. The van der Waals surface area contributed by atoms with Crippen LogP contribution in [-0.2, 0) is 4.79 Å². The SMILES string of the molecule is C/C=C(\C)c1nn(C2CCN(C)CC2)c(=O)n1-c1ccc(F)cc1.CC(C)NC=O.CN/C=C(\C)Cl. The molecule has 1 aliphatic rings. The number of nitrogens with zero attached hydrogens (tertiary/aromatic N) is 4. The maximum atomic E-state index is 13.2. The number of halogens is 2. The first-order valence-electron chi connectivity index (χ1n) is 12.0. The summed E-state index contributed by atoms with van der Waals surface area (Å²) in [7, 11) is 3.90. The minimum atomic E-state index is -0.321. The van der Waals surface area contributed by atoms with Crippen molar-refractivity contribution in [3.8, 4) is 5.69 Å². The van der Waals surface area contributed by atoms with Crippen LogP contribution in [0.15, 0.2) is 46.4 Å². The van der Waals surface area contributed by atoms with Crippen LogP contribution in [0.2, 0.25) is 0 Å². The Morgan fingerprint density at radius 2 is 1.78 bits per heavy atom. The monoisotopic (exact) mass is 522 g/mol. The van der Waals surface area contributed by atoms with Crippen molar-refractivity contribution in [1.29, 1.82) is 0 Å². The van der Waals surface area contributed by atoms with Gasteiger partial charge in [0.2, 0.25) is 6.41 Å². The largest absolute Gasteiger partial charge is 0.393 e. The van der Waals surface area contributed by atoms with Crippen molar-refractivity contribution in [3.63, 3.8) is 0 Å². The summed E-state index contributed by atoms with van der Waals surface area (Å²) in [5.74, 6) is 0.298. The van der Waals surface area contributed by atoms with Crippen LogP contribution in [-0.4, -0.2) is 58.9 Å². The molecule has 1 aromatic heterocycles. The van der Waals surface area contributed by atoms with Gasteiger partial charge in [0.05, 0.1) is 11.7 Å². The highest BCUT2D eigenvalue weighted by atomic mass is 35.5. The second kappa shape index (κ2) is 16.0. The Morgan fingerprint density at radius 3 is 2.17 bits per heavy atom. The Kier molecular flexibility index (Phi) is 13.8. The molecule has 1 saturated heterocycles. The lowest BCUT2D eigenvalue weighted by atomic mass is 10.1. The number of aromatic nitrogens is 3. The normalized spacial score (nSPS) is 14.9. The van der Waals surface area contributed by atoms with E-state index in [-0.39, 0.29) is 23.6 Å². The molecule has 0 bridgehead atoms. The van der Waals surface area contributed by atoms with Crippen molar-refractivity contribution in [1.82, 2.24) is 29.9 Å². The molecule has 36 heavy (non-hydrogen) atoms. The minimum Gasteiger partial charge on any atom is -0.393 e. The molecule has 1 fully saturated rings. The van der Waals surface area contributed by atoms with E-state index in [4.69, 9.17) is 11.6 Å². The number of nitrogens with one attached hydrogen (secondary N) is 2.